The third-order valence-corrected chi connectivity index (χ3v) is 1.72. The lowest BCUT2D eigenvalue weighted by atomic mass is 10.3. The van der Waals surface area contributed by atoms with Gasteiger partial charge in [0.05, 0.1) is 0 Å². The van der Waals surface area contributed by atoms with E-state index in [2.05, 4.69) is 0 Å². The Labute approximate surface area is 62.0 Å². The van der Waals surface area contributed by atoms with E-state index in [4.69, 9.17) is 14.9 Å². The second-order valence-corrected chi connectivity index (χ2v) is 3.42. The van der Waals surface area contributed by atoms with Crippen LogP contribution in [-0.4, -0.2) is 32.3 Å². The van der Waals surface area contributed by atoms with Gasteiger partial charge in [0.1, 0.15) is 0 Å². The number of aliphatic hydroxyl groups is 1. The number of hydrogen-bond donors (Lipinski definition) is 3. The summed E-state index contributed by atoms with van der Waals surface area (Å²) in [5.74, 6) is -0.988. The molecule has 0 radical (unpaired) electrons. The first-order valence-corrected chi connectivity index (χ1v) is 4.16. The number of hydrogen-bond acceptors (Lipinski definition) is 4. The molecule has 7 heteroatoms. The smallest absolute Gasteiger partial charge is 0.377 e. The van der Waals surface area contributed by atoms with Crippen LogP contribution >= 0.6 is 7.60 Å². The molecule has 0 aromatic rings. The second-order valence-electron chi connectivity index (χ2n) is 1.90. The van der Waals surface area contributed by atoms with Crippen molar-refractivity contribution in [3.8, 4) is 0 Å². The summed E-state index contributed by atoms with van der Waals surface area (Å²) < 4.78 is 10.1. The van der Waals surface area contributed by atoms with Crippen molar-refractivity contribution in [2.45, 2.75) is 13.0 Å². The molecule has 1 atom stereocenters. The number of carbonyl (C=O) groups is 2. The van der Waals surface area contributed by atoms with Crippen LogP contribution in [0.1, 0.15) is 6.92 Å². The zero-order valence-electron chi connectivity index (χ0n) is 5.59. The van der Waals surface area contributed by atoms with Gasteiger partial charge in [-0.15, -0.1) is 0 Å². The Morgan fingerprint density at radius 1 is 1.36 bits per heavy atom. The first-order valence-electron chi connectivity index (χ1n) is 2.55. The molecule has 11 heavy (non-hydrogen) atoms. The monoisotopic (exact) mass is 182 g/mol. The first-order chi connectivity index (χ1) is 4.76. The average molecular weight is 182 g/mol. The van der Waals surface area contributed by atoms with Crippen LogP contribution in [0.4, 0.5) is 0 Å². The second kappa shape index (κ2) is 3.23. The Hall–Kier alpha value is -0.550. The molecule has 0 aliphatic heterocycles. The van der Waals surface area contributed by atoms with E-state index in [9.17, 15) is 14.2 Å². The molecule has 1 unspecified atom stereocenters. The van der Waals surface area contributed by atoms with Crippen LogP contribution in [0.5, 0.6) is 0 Å². The highest BCUT2D eigenvalue weighted by Gasteiger charge is 2.34. The SMILES string of the molecule is CC(=O)C(O)C(=O)P(=O)(O)O. The van der Waals surface area contributed by atoms with Gasteiger partial charge in [-0.2, -0.15) is 0 Å². The van der Waals surface area contributed by atoms with E-state index in [-0.39, 0.29) is 0 Å². The van der Waals surface area contributed by atoms with Crippen LogP contribution in [-0.2, 0) is 14.2 Å². The maximum absolute atomic E-state index is 10.4. The molecular formula is C4H7O6P. The van der Waals surface area contributed by atoms with E-state index >= 15 is 0 Å². The van der Waals surface area contributed by atoms with Gasteiger partial charge in [-0.1, -0.05) is 0 Å². The quantitative estimate of drug-likeness (QED) is 0.367. The van der Waals surface area contributed by atoms with Gasteiger partial charge in [-0.25, -0.2) is 0 Å². The van der Waals surface area contributed by atoms with Crippen LogP contribution in [0.25, 0.3) is 0 Å². The number of aliphatic hydroxyl groups excluding tert-OH is 1. The fourth-order valence-electron chi connectivity index (χ4n) is 0.333. The van der Waals surface area contributed by atoms with E-state index in [0.29, 0.717) is 0 Å². The molecule has 64 valence electrons. The normalized spacial score (nSPS) is 14.2. The molecule has 0 fully saturated rings. The number of carbonyl (C=O) groups excluding carboxylic acids is 2. The largest absolute Gasteiger partial charge is 0.394 e. The van der Waals surface area contributed by atoms with E-state index in [1.54, 1.807) is 0 Å². The highest BCUT2D eigenvalue weighted by Crippen LogP contribution is 2.36. The van der Waals surface area contributed by atoms with Crippen LogP contribution in [0.2, 0.25) is 0 Å². The Morgan fingerprint density at radius 3 is 1.82 bits per heavy atom. The Kier molecular flexibility index (Phi) is 3.07. The molecule has 0 saturated carbocycles. The highest BCUT2D eigenvalue weighted by molar-refractivity contribution is 7.70. The van der Waals surface area contributed by atoms with Gasteiger partial charge in [0.2, 0.25) is 0 Å². The molecule has 6 nitrogen and oxygen atoms in total. The van der Waals surface area contributed by atoms with Crippen molar-refractivity contribution in [3.63, 3.8) is 0 Å². The van der Waals surface area contributed by atoms with Crippen molar-refractivity contribution in [2.75, 3.05) is 0 Å². The summed E-state index contributed by atoms with van der Waals surface area (Å²) in [5, 5.41) is 8.54. The zero-order valence-corrected chi connectivity index (χ0v) is 6.49. The Balaban J connectivity index is 4.52. The summed E-state index contributed by atoms with van der Waals surface area (Å²) in [6.45, 7) is 0.859. The molecule has 0 aromatic carbocycles. The summed E-state index contributed by atoms with van der Waals surface area (Å²) in [7, 11) is -4.98. The number of ketones is 1. The molecule has 0 spiro atoms. The molecular weight excluding hydrogens is 175 g/mol. The van der Waals surface area contributed by atoms with Crippen molar-refractivity contribution < 1.29 is 29.0 Å². The van der Waals surface area contributed by atoms with E-state index in [0.717, 1.165) is 6.92 Å². The third-order valence-electron chi connectivity index (χ3n) is 0.906. The molecule has 0 aliphatic rings. The summed E-state index contributed by atoms with van der Waals surface area (Å²) in [6.07, 6.45) is -2.21. The first kappa shape index (κ1) is 10.4. The van der Waals surface area contributed by atoms with Crippen LogP contribution in [0, 0.1) is 0 Å². The van der Waals surface area contributed by atoms with Crippen molar-refractivity contribution in [1.29, 1.82) is 0 Å². The van der Waals surface area contributed by atoms with Gasteiger partial charge in [-0.3, -0.25) is 14.2 Å². The molecule has 3 N–H and O–H groups in total. The highest BCUT2D eigenvalue weighted by atomic mass is 31.2. The van der Waals surface area contributed by atoms with Crippen LogP contribution in [0.15, 0.2) is 0 Å². The molecule has 0 bridgehead atoms. The molecule has 0 amide bonds. The number of Topliss-reactive ketones (excluding diaryl/α,β-unsaturated/α-hetero) is 1. The number of rotatable bonds is 3. The van der Waals surface area contributed by atoms with Gasteiger partial charge in [-0.05, 0) is 6.92 Å². The molecule has 0 aromatic heterocycles. The molecule has 0 aliphatic carbocycles. The van der Waals surface area contributed by atoms with Crippen molar-refractivity contribution in [1.82, 2.24) is 0 Å². The summed E-state index contributed by atoms with van der Waals surface area (Å²) in [5.41, 5.74) is -1.76. The standard InChI is InChI=1S/C4H7O6P/c1-2(5)3(6)4(7)11(8,9)10/h3,6H,1H3,(H2,8,9,10). The summed E-state index contributed by atoms with van der Waals surface area (Å²) in [4.78, 5) is 36.9. The van der Waals surface area contributed by atoms with E-state index in [1.165, 1.54) is 0 Å². The van der Waals surface area contributed by atoms with Crippen molar-refractivity contribution >= 4 is 18.9 Å². The van der Waals surface area contributed by atoms with Gasteiger partial charge >= 0.3 is 7.60 Å². The maximum atomic E-state index is 10.4. The topological polar surface area (TPSA) is 112 Å². The lowest BCUT2D eigenvalue weighted by Gasteiger charge is -2.05. The third kappa shape index (κ3) is 2.90. The predicted octanol–water partition coefficient (Wildman–Crippen LogP) is -1.36. The lowest BCUT2D eigenvalue weighted by molar-refractivity contribution is -0.133. The minimum absolute atomic E-state index is 0.859. The van der Waals surface area contributed by atoms with Gasteiger partial charge in [0.15, 0.2) is 11.9 Å². The van der Waals surface area contributed by atoms with Crippen molar-refractivity contribution in [2.24, 2.45) is 0 Å². The Morgan fingerprint density at radius 2 is 1.73 bits per heavy atom. The van der Waals surface area contributed by atoms with Gasteiger partial charge < -0.3 is 14.9 Å². The Bertz CT molecular complexity index is 227. The average Bonchev–Trinajstić information content (AvgIpc) is 1.82. The molecule has 0 saturated heterocycles. The fourth-order valence-corrected chi connectivity index (χ4v) is 0.834. The van der Waals surface area contributed by atoms with Gasteiger partial charge in [0, 0.05) is 0 Å². The van der Waals surface area contributed by atoms with Gasteiger partial charge in [0.25, 0.3) is 5.52 Å². The maximum Gasteiger partial charge on any atom is 0.394 e. The molecule has 0 rings (SSSR count). The van der Waals surface area contributed by atoms with E-state index < -0.39 is 25.0 Å². The van der Waals surface area contributed by atoms with E-state index in [1.807, 2.05) is 0 Å². The minimum Gasteiger partial charge on any atom is -0.377 e. The zero-order chi connectivity index (χ0) is 9.23. The summed E-state index contributed by atoms with van der Waals surface area (Å²) in [6, 6.07) is 0. The predicted molar refractivity (Wildman–Crippen MR) is 33.7 cm³/mol. The summed E-state index contributed by atoms with van der Waals surface area (Å²) >= 11 is 0. The van der Waals surface area contributed by atoms with Crippen LogP contribution in [0.3, 0.4) is 0 Å². The lowest BCUT2D eigenvalue weighted by Crippen LogP contribution is -2.27. The minimum atomic E-state index is -4.98. The van der Waals surface area contributed by atoms with Crippen molar-refractivity contribution in [3.05, 3.63) is 0 Å². The molecule has 0 heterocycles. The fraction of sp³-hybridized carbons (Fsp3) is 0.500. The van der Waals surface area contributed by atoms with Crippen LogP contribution < -0.4 is 0 Å².